The molecule has 2 atom stereocenters. The molecule has 0 bridgehead atoms. The van der Waals surface area contributed by atoms with Crippen LogP contribution in [0.25, 0.3) is 0 Å². The number of nitrogens with zero attached hydrogens (tertiary/aromatic N) is 1. The lowest BCUT2D eigenvalue weighted by molar-refractivity contribution is 0.142. The van der Waals surface area contributed by atoms with Crippen molar-refractivity contribution in [3.05, 3.63) is 21.4 Å². The zero-order valence-corrected chi connectivity index (χ0v) is 13.6. The predicted molar refractivity (Wildman–Crippen MR) is 84.9 cm³/mol. The Bertz CT molecular complexity index is 380. The largest absolute Gasteiger partial charge is 0.314 e. The van der Waals surface area contributed by atoms with E-state index in [0.717, 1.165) is 18.5 Å². The van der Waals surface area contributed by atoms with Crippen LogP contribution in [0.2, 0.25) is 0 Å². The van der Waals surface area contributed by atoms with Crippen molar-refractivity contribution in [3.63, 3.8) is 0 Å². The van der Waals surface area contributed by atoms with E-state index in [2.05, 4.69) is 44.0 Å². The van der Waals surface area contributed by atoms with Crippen molar-refractivity contribution < 1.29 is 0 Å². The van der Waals surface area contributed by atoms with Crippen molar-refractivity contribution in [2.45, 2.75) is 53.1 Å². The summed E-state index contributed by atoms with van der Waals surface area (Å²) >= 11 is 1.97. The van der Waals surface area contributed by atoms with Gasteiger partial charge in [0.25, 0.3) is 0 Å². The van der Waals surface area contributed by atoms with E-state index >= 15 is 0 Å². The lowest BCUT2D eigenvalue weighted by Gasteiger charge is -2.37. The highest BCUT2D eigenvalue weighted by Crippen LogP contribution is 2.24. The minimum absolute atomic E-state index is 0.725. The molecule has 1 N–H and O–H groups in total. The maximum Gasteiger partial charge on any atom is 0.0328 e. The molecule has 1 fully saturated rings. The number of hydrogen-bond donors (Lipinski definition) is 1. The van der Waals surface area contributed by atoms with E-state index < -0.39 is 0 Å². The van der Waals surface area contributed by atoms with Crippen molar-refractivity contribution in [2.24, 2.45) is 5.92 Å². The number of piperidine rings is 1. The highest BCUT2D eigenvalue weighted by molar-refractivity contribution is 7.12. The van der Waals surface area contributed by atoms with Gasteiger partial charge in [0.1, 0.15) is 0 Å². The first-order valence-corrected chi connectivity index (χ1v) is 8.43. The summed E-state index contributed by atoms with van der Waals surface area (Å²) in [5.74, 6) is 0.766. The second kappa shape index (κ2) is 6.87. The summed E-state index contributed by atoms with van der Waals surface area (Å²) < 4.78 is 0. The third kappa shape index (κ3) is 4.04. The maximum absolute atomic E-state index is 3.69. The SMILES string of the molecule is CCCNC1CCN(Cc2cc(C)c(C)s2)CC1C. The molecule has 0 saturated carbocycles. The van der Waals surface area contributed by atoms with Gasteiger partial charge in [-0.05, 0) is 50.8 Å². The van der Waals surface area contributed by atoms with Gasteiger partial charge >= 0.3 is 0 Å². The van der Waals surface area contributed by atoms with E-state index in [1.165, 1.54) is 47.8 Å². The first-order chi connectivity index (χ1) is 9.10. The van der Waals surface area contributed by atoms with Crippen LogP contribution >= 0.6 is 11.3 Å². The molecular weight excluding hydrogens is 252 g/mol. The van der Waals surface area contributed by atoms with E-state index in [0.29, 0.717) is 0 Å². The summed E-state index contributed by atoms with van der Waals surface area (Å²) in [5.41, 5.74) is 1.45. The van der Waals surface area contributed by atoms with E-state index in [1.807, 2.05) is 11.3 Å². The van der Waals surface area contributed by atoms with Crippen molar-refractivity contribution >= 4 is 11.3 Å². The maximum atomic E-state index is 3.69. The van der Waals surface area contributed by atoms with Crippen LogP contribution in [0.1, 0.15) is 42.0 Å². The average molecular weight is 280 g/mol. The molecule has 1 aromatic heterocycles. The van der Waals surface area contributed by atoms with Crippen LogP contribution in [0.4, 0.5) is 0 Å². The molecule has 2 nitrogen and oxygen atoms in total. The van der Waals surface area contributed by atoms with Crippen molar-refractivity contribution in [1.82, 2.24) is 10.2 Å². The summed E-state index contributed by atoms with van der Waals surface area (Å²) in [6.45, 7) is 13.9. The van der Waals surface area contributed by atoms with Crippen LogP contribution in [0.15, 0.2) is 6.07 Å². The zero-order valence-electron chi connectivity index (χ0n) is 12.8. The minimum atomic E-state index is 0.725. The Labute approximate surface area is 122 Å². The second-order valence-corrected chi connectivity index (χ2v) is 7.35. The van der Waals surface area contributed by atoms with Gasteiger partial charge < -0.3 is 5.32 Å². The molecule has 0 amide bonds. The first-order valence-electron chi connectivity index (χ1n) is 7.61. The normalized spacial score (nSPS) is 24.8. The van der Waals surface area contributed by atoms with Crippen LogP contribution in [-0.4, -0.2) is 30.6 Å². The molecule has 1 aromatic rings. The van der Waals surface area contributed by atoms with Gasteiger partial charge in [0.05, 0.1) is 0 Å². The zero-order chi connectivity index (χ0) is 13.8. The van der Waals surface area contributed by atoms with Gasteiger partial charge in [-0.15, -0.1) is 11.3 Å². The van der Waals surface area contributed by atoms with Crippen LogP contribution < -0.4 is 5.32 Å². The lowest BCUT2D eigenvalue weighted by Crippen LogP contribution is -2.48. The van der Waals surface area contributed by atoms with Crippen molar-refractivity contribution in [2.75, 3.05) is 19.6 Å². The van der Waals surface area contributed by atoms with Crippen molar-refractivity contribution in [1.29, 1.82) is 0 Å². The summed E-state index contributed by atoms with van der Waals surface area (Å²) in [6.07, 6.45) is 2.53. The number of hydrogen-bond acceptors (Lipinski definition) is 3. The fourth-order valence-electron chi connectivity index (χ4n) is 2.96. The molecule has 0 aromatic carbocycles. The molecule has 3 heteroatoms. The third-order valence-corrected chi connectivity index (χ3v) is 5.38. The molecule has 0 aliphatic carbocycles. The lowest BCUT2D eigenvalue weighted by atomic mass is 9.93. The molecule has 1 saturated heterocycles. The van der Waals surface area contributed by atoms with Gasteiger partial charge in [-0.2, -0.15) is 0 Å². The molecule has 0 spiro atoms. The van der Waals surface area contributed by atoms with Gasteiger partial charge in [-0.3, -0.25) is 4.90 Å². The monoisotopic (exact) mass is 280 g/mol. The Morgan fingerprint density at radius 3 is 2.79 bits per heavy atom. The summed E-state index contributed by atoms with van der Waals surface area (Å²) in [7, 11) is 0. The Morgan fingerprint density at radius 2 is 2.21 bits per heavy atom. The summed E-state index contributed by atoms with van der Waals surface area (Å²) in [5, 5.41) is 3.69. The summed E-state index contributed by atoms with van der Waals surface area (Å²) in [4.78, 5) is 5.63. The minimum Gasteiger partial charge on any atom is -0.314 e. The standard InChI is InChI=1S/C16H28N2S/c1-5-7-17-16-6-8-18(10-13(16)3)11-15-9-12(2)14(4)19-15/h9,13,16-17H,5-8,10-11H2,1-4H3. The van der Waals surface area contributed by atoms with E-state index in [1.54, 1.807) is 0 Å². The Hall–Kier alpha value is -0.380. The molecule has 2 unspecified atom stereocenters. The molecule has 0 radical (unpaired) electrons. The number of aryl methyl sites for hydroxylation is 2. The van der Waals surface area contributed by atoms with Crippen molar-refractivity contribution in [3.8, 4) is 0 Å². The number of thiophene rings is 1. The smallest absolute Gasteiger partial charge is 0.0328 e. The molecular formula is C16H28N2S. The highest BCUT2D eigenvalue weighted by Gasteiger charge is 2.25. The van der Waals surface area contributed by atoms with Crippen LogP contribution in [0.5, 0.6) is 0 Å². The average Bonchev–Trinajstić information content (AvgIpc) is 2.67. The molecule has 108 valence electrons. The van der Waals surface area contributed by atoms with E-state index in [4.69, 9.17) is 0 Å². The van der Waals surface area contributed by atoms with Gasteiger partial charge in [0.2, 0.25) is 0 Å². The predicted octanol–water partition coefficient (Wildman–Crippen LogP) is 3.57. The quantitative estimate of drug-likeness (QED) is 0.887. The van der Waals surface area contributed by atoms with Crippen LogP contribution in [-0.2, 0) is 6.54 Å². The van der Waals surface area contributed by atoms with Gasteiger partial charge in [-0.25, -0.2) is 0 Å². The molecule has 19 heavy (non-hydrogen) atoms. The number of likely N-dealkylation sites (tertiary alicyclic amines) is 1. The molecule has 1 aliphatic heterocycles. The van der Waals surface area contributed by atoms with Crippen LogP contribution in [0, 0.1) is 19.8 Å². The Morgan fingerprint density at radius 1 is 1.42 bits per heavy atom. The Kier molecular flexibility index (Phi) is 5.43. The highest BCUT2D eigenvalue weighted by atomic mass is 32.1. The van der Waals surface area contributed by atoms with Crippen LogP contribution in [0.3, 0.4) is 0 Å². The molecule has 1 aliphatic rings. The van der Waals surface area contributed by atoms with E-state index in [-0.39, 0.29) is 0 Å². The molecule has 2 heterocycles. The fraction of sp³-hybridized carbons (Fsp3) is 0.750. The number of rotatable bonds is 5. The summed E-state index contributed by atoms with van der Waals surface area (Å²) in [6, 6.07) is 3.09. The Balaban J connectivity index is 1.84. The first kappa shape index (κ1) is 15.0. The second-order valence-electron chi connectivity index (χ2n) is 6.01. The van der Waals surface area contributed by atoms with E-state index in [9.17, 15) is 0 Å². The van der Waals surface area contributed by atoms with Gasteiger partial charge in [-0.1, -0.05) is 13.8 Å². The topological polar surface area (TPSA) is 15.3 Å². The third-order valence-electron chi connectivity index (χ3n) is 4.24. The van der Waals surface area contributed by atoms with Gasteiger partial charge in [0, 0.05) is 35.4 Å². The number of nitrogens with one attached hydrogen (secondary N) is 1. The fourth-order valence-corrected chi connectivity index (χ4v) is 4.05. The van der Waals surface area contributed by atoms with Gasteiger partial charge in [0.15, 0.2) is 0 Å². The molecule has 2 rings (SSSR count).